The van der Waals surface area contributed by atoms with E-state index in [1.807, 2.05) is 19.1 Å². The van der Waals surface area contributed by atoms with Crippen molar-refractivity contribution < 1.29 is 18.3 Å². The lowest BCUT2D eigenvalue weighted by atomic mass is 10.0. The fourth-order valence-electron chi connectivity index (χ4n) is 2.26. The molecule has 2 aromatic rings. The van der Waals surface area contributed by atoms with Crippen LogP contribution in [0.2, 0.25) is 5.02 Å². The van der Waals surface area contributed by atoms with Crippen LogP contribution in [0.3, 0.4) is 0 Å². The van der Waals surface area contributed by atoms with Gasteiger partial charge in [0.2, 0.25) is 10.0 Å². The summed E-state index contributed by atoms with van der Waals surface area (Å²) < 4.78 is 26.2. The van der Waals surface area contributed by atoms with Gasteiger partial charge in [0.25, 0.3) is 0 Å². The van der Waals surface area contributed by atoms with E-state index in [0.29, 0.717) is 5.02 Å². The van der Waals surface area contributed by atoms with Crippen LogP contribution in [-0.2, 0) is 21.2 Å². The van der Waals surface area contributed by atoms with Crippen molar-refractivity contribution in [2.75, 3.05) is 7.05 Å². The first-order chi connectivity index (χ1) is 11.2. The number of halogens is 1. The van der Waals surface area contributed by atoms with Crippen LogP contribution < -0.4 is 0 Å². The maximum absolute atomic E-state index is 12.7. The lowest BCUT2D eigenvalue weighted by molar-refractivity contribution is -0.141. The van der Waals surface area contributed by atoms with Crippen LogP contribution in [0, 0.1) is 6.92 Å². The molecule has 128 valence electrons. The molecule has 0 aromatic heterocycles. The molecule has 0 saturated carbocycles. The molecule has 0 bridgehead atoms. The van der Waals surface area contributed by atoms with E-state index in [1.54, 1.807) is 12.1 Å². The summed E-state index contributed by atoms with van der Waals surface area (Å²) in [5.74, 6) is -1.20. The summed E-state index contributed by atoms with van der Waals surface area (Å²) in [5, 5.41) is 9.90. The van der Waals surface area contributed by atoms with Gasteiger partial charge in [0.1, 0.15) is 6.04 Å². The van der Waals surface area contributed by atoms with Crippen molar-refractivity contribution in [3.05, 3.63) is 64.7 Å². The molecule has 1 atom stereocenters. The topological polar surface area (TPSA) is 74.7 Å². The van der Waals surface area contributed by atoms with E-state index in [-0.39, 0.29) is 11.3 Å². The fraction of sp³-hybridized carbons (Fsp3) is 0.235. The number of hydrogen-bond donors (Lipinski definition) is 1. The summed E-state index contributed by atoms with van der Waals surface area (Å²) in [4.78, 5) is 11.6. The number of carboxylic acid groups (broad SMARTS) is 1. The summed E-state index contributed by atoms with van der Waals surface area (Å²) in [7, 11) is -2.66. The molecule has 2 aromatic carbocycles. The second kappa shape index (κ2) is 7.34. The van der Waals surface area contributed by atoms with Gasteiger partial charge in [-0.2, -0.15) is 4.31 Å². The third-order valence-corrected chi connectivity index (χ3v) is 5.90. The number of nitrogens with zero attached hydrogens (tertiary/aromatic N) is 1. The second-order valence-corrected chi connectivity index (χ2v) is 7.95. The SMILES string of the molecule is Cc1ccc(C[C@@H](C(=O)O)N(C)S(=O)(=O)c2ccc(Cl)cc2)cc1. The molecule has 0 aliphatic rings. The molecule has 1 N–H and O–H groups in total. The van der Waals surface area contributed by atoms with E-state index in [4.69, 9.17) is 11.6 Å². The van der Waals surface area contributed by atoms with Gasteiger partial charge < -0.3 is 5.11 Å². The molecule has 0 spiro atoms. The highest BCUT2D eigenvalue weighted by Gasteiger charge is 2.32. The van der Waals surface area contributed by atoms with E-state index in [9.17, 15) is 18.3 Å². The van der Waals surface area contributed by atoms with Crippen LogP contribution in [0.15, 0.2) is 53.4 Å². The van der Waals surface area contributed by atoms with E-state index in [0.717, 1.165) is 15.4 Å². The average molecular weight is 368 g/mol. The first-order valence-corrected chi connectivity index (χ1v) is 9.05. The van der Waals surface area contributed by atoms with Gasteiger partial charge in [-0.05, 0) is 43.2 Å². The Hall–Kier alpha value is -1.89. The average Bonchev–Trinajstić information content (AvgIpc) is 2.53. The highest BCUT2D eigenvalue weighted by atomic mass is 35.5. The molecule has 0 unspecified atom stereocenters. The van der Waals surface area contributed by atoms with Crippen LogP contribution in [0.5, 0.6) is 0 Å². The Morgan fingerprint density at radius 2 is 1.67 bits per heavy atom. The molecule has 7 heteroatoms. The van der Waals surface area contributed by atoms with Crippen molar-refractivity contribution in [2.45, 2.75) is 24.3 Å². The van der Waals surface area contributed by atoms with Gasteiger partial charge in [0.15, 0.2) is 0 Å². The Labute approximate surface area is 146 Å². The van der Waals surface area contributed by atoms with E-state index >= 15 is 0 Å². The zero-order valence-corrected chi connectivity index (χ0v) is 14.9. The van der Waals surface area contributed by atoms with Gasteiger partial charge in [-0.3, -0.25) is 4.79 Å². The van der Waals surface area contributed by atoms with E-state index < -0.39 is 22.0 Å². The lowest BCUT2D eigenvalue weighted by Gasteiger charge is -2.24. The third kappa shape index (κ3) is 4.14. The number of aryl methyl sites for hydroxylation is 1. The van der Waals surface area contributed by atoms with Gasteiger partial charge in [-0.1, -0.05) is 41.4 Å². The highest BCUT2D eigenvalue weighted by Crippen LogP contribution is 2.21. The maximum atomic E-state index is 12.7. The van der Waals surface area contributed by atoms with Crippen molar-refractivity contribution in [1.82, 2.24) is 4.31 Å². The van der Waals surface area contributed by atoms with Gasteiger partial charge in [0.05, 0.1) is 4.90 Å². The van der Waals surface area contributed by atoms with Crippen LogP contribution in [0.25, 0.3) is 0 Å². The Morgan fingerprint density at radius 3 is 2.17 bits per heavy atom. The number of likely N-dealkylation sites (N-methyl/N-ethyl adjacent to an activating group) is 1. The molecule has 0 saturated heterocycles. The zero-order valence-electron chi connectivity index (χ0n) is 13.3. The minimum atomic E-state index is -3.93. The Bertz CT molecular complexity index is 817. The van der Waals surface area contributed by atoms with E-state index in [1.165, 1.54) is 31.3 Å². The normalized spacial score (nSPS) is 13.0. The molecule has 0 radical (unpaired) electrons. The van der Waals surface area contributed by atoms with Gasteiger partial charge >= 0.3 is 5.97 Å². The van der Waals surface area contributed by atoms with Crippen LogP contribution in [0.4, 0.5) is 0 Å². The quantitative estimate of drug-likeness (QED) is 0.851. The number of carbonyl (C=O) groups is 1. The predicted molar refractivity (Wildman–Crippen MR) is 92.7 cm³/mol. The van der Waals surface area contributed by atoms with Crippen molar-refractivity contribution in [2.24, 2.45) is 0 Å². The predicted octanol–water partition coefficient (Wildman–Crippen LogP) is 2.96. The molecule has 0 fully saturated rings. The van der Waals surface area contributed by atoms with Crippen molar-refractivity contribution in [3.63, 3.8) is 0 Å². The number of benzene rings is 2. The van der Waals surface area contributed by atoms with Crippen LogP contribution in [-0.4, -0.2) is 36.9 Å². The largest absolute Gasteiger partial charge is 0.480 e. The number of sulfonamides is 1. The first-order valence-electron chi connectivity index (χ1n) is 7.24. The van der Waals surface area contributed by atoms with Crippen molar-refractivity contribution >= 4 is 27.6 Å². The lowest BCUT2D eigenvalue weighted by Crippen LogP contribution is -2.43. The number of aliphatic carboxylic acids is 1. The first kappa shape index (κ1) is 18.4. The van der Waals surface area contributed by atoms with Crippen molar-refractivity contribution in [3.8, 4) is 0 Å². The smallest absolute Gasteiger partial charge is 0.322 e. The Balaban J connectivity index is 2.31. The number of carboxylic acids is 1. The third-order valence-electron chi connectivity index (χ3n) is 3.76. The Morgan fingerprint density at radius 1 is 1.12 bits per heavy atom. The molecule has 0 aliphatic carbocycles. The monoisotopic (exact) mass is 367 g/mol. The van der Waals surface area contributed by atoms with Gasteiger partial charge in [-0.15, -0.1) is 0 Å². The summed E-state index contributed by atoms with van der Waals surface area (Å²) in [6.07, 6.45) is 0.0823. The second-order valence-electron chi connectivity index (χ2n) is 5.52. The number of hydrogen-bond acceptors (Lipinski definition) is 3. The Kier molecular flexibility index (Phi) is 5.64. The summed E-state index contributed by atoms with van der Waals surface area (Å²) in [5.41, 5.74) is 1.80. The molecule has 5 nitrogen and oxygen atoms in total. The van der Waals surface area contributed by atoms with E-state index in [2.05, 4.69) is 0 Å². The zero-order chi connectivity index (χ0) is 17.9. The van der Waals surface area contributed by atoms with Gasteiger partial charge in [-0.25, -0.2) is 8.42 Å². The molecular weight excluding hydrogens is 350 g/mol. The molecule has 0 amide bonds. The van der Waals surface area contributed by atoms with Crippen LogP contribution >= 0.6 is 11.6 Å². The molecular formula is C17H18ClNO4S. The standard InChI is InChI=1S/C17H18ClNO4S/c1-12-3-5-13(6-4-12)11-16(17(20)21)19(2)24(22,23)15-9-7-14(18)8-10-15/h3-10,16H,11H2,1-2H3,(H,20,21)/t16-/m0/s1. The summed E-state index contributed by atoms with van der Waals surface area (Å²) in [6.45, 7) is 1.93. The highest BCUT2D eigenvalue weighted by molar-refractivity contribution is 7.89. The molecule has 24 heavy (non-hydrogen) atoms. The summed E-state index contributed by atoms with van der Waals surface area (Å²) >= 11 is 5.77. The minimum absolute atomic E-state index is 0.00422. The van der Waals surface area contributed by atoms with Gasteiger partial charge in [0, 0.05) is 12.1 Å². The maximum Gasteiger partial charge on any atom is 0.322 e. The molecule has 2 rings (SSSR count). The summed E-state index contributed by atoms with van der Waals surface area (Å²) in [6, 6.07) is 11.8. The minimum Gasteiger partial charge on any atom is -0.480 e. The fourth-order valence-corrected chi connectivity index (χ4v) is 3.70. The van der Waals surface area contributed by atoms with Crippen LogP contribution in [0.1, 0.15) is 11.1 Å². The molecule has 0 heterocycles. The molecule has 0 aliphatic heterocycles. The van der Waals surface area contributed by atoms with Crippen molar-refractivity contribution in [1.29, 1.82) is 0 Å². The number of rotatable bonds is 6.